The largest absolute Gasteiger partial charge is 0.437 e. The quantitative estimate of drug-likeness (QED) is 0.657. The van der Waals surface area contributed by atoms with Crippen LogP contribution in [0.2, 0.25) is 0 Å². The molecule has 0 unspecified atom stereocenters. The maximum absolute atomic E-state index is 11.3. The highest BCUT2D eigenvalue weighted by molar-refractivity contribution is 5.85. The van der Waals surface area contributed by atoms with Crippen molar-refractivity contribution >= 4 is 29.0 Å². The summed E-state index contributed by atoms with van der Waals surface area (Å²) in [6, 6.07) is 5.35. The van der Waals surface area contributed by atoms with Gasteiger partial charge in [0.05, 0.1) is 18.0 Å². The van der Waals surface area contributed by atoms with Crippen LogP contribution in [0, 0.1) is 0 Å². The molecule has 0 saturated heterocycles. The van der Waals surface area contributed by atoms with Crippen LogP contribution < -0.4 is 16.0 Å². The molecule has 0 saturated carbocycles. The number of halogens is 1. The molecule has 0 aliphatic heterocycles. The first kappa shape index (κ1) is 12.9. The van der Waals surface area contributed by atoms with E-state index in [9.17, 15) is 4.79 Å². The predicted octanol–water partition coefficient (Wildman–Crippen LogP) is 1.44. The SMILES string of the molecule is Cl.Nc1c(Oc2ccc3cn[nH]c3c2)nc[nH]c1=O. The minimum atomic E-state index is -0.428. The molecule has 0 fully saturated rings. The number of nitrogens with zero attached hydrogens (tertiary/aromatic N) is 2. The fourth-order valence-corrected chi connectivity index (χ4v) is 1.57. The molecule has 0 radical (unpaired) electrons. The van der Waals surface area contributed by atoms with Crippen LogP contribution in [0.5, 0.6) is 11.6 Å². The summed E-state index contributed by atoms with van der Waals surface area (Å²) in [4.78, 5) is 17.5. The number of rotatable bonds is 2. The number of fused-ring (bicyclic) bond motifs is 1. The Morgan fingerprint density at radius 1 is 1.32 bits per heavy atom. The molecule has 0 aliphatic carbocycles. The Kier molecular flexibility index (Phi) is 3.39. The molecule has 0 bridgehead atoms. The van der Waals surface area contributed by atoms with E-state index >= 15 is 0 Å². The Hall–Kier alpha value is -2.54. The molecule has 19 heavy (non-hydrogen) atoms. The Morgan fingerprint density at radius 2 is 2.16 bits per heavy atom. The third-order valence-corrected chi connectivity index (χ3v) is 2.48. The third kappa shape index (κ3) is 2.36. The van der Waals surface area contributed by atoms with Gasteiger partial charge in [-0.1, -0.05) is 0 Å². The third-order valence-electron chi connectivity index (χ3n) is 2.48. The number of hydrogen-bond donors (Lipinski definition) is 3. The number of nitrogen functional groups attached to an aromatic ring is 1. The van der Waals surface area contributed by atoms with Gasteiger partial charge in [0, 0.05) is 11.5 Å². The van der Waals surface area contributed by atoms with E-state index in [4.69, 9.17) is 10.5 Å². The lowest BCUT2D eigenvalue weighted by Crippen LogP contribution is -2.13. The van der Waals surface area contributed by atoms with Crippen LogP contribution in [0.25, 0.3) is 10.9 Å². The number of hydrogen-bond acceptors (Lipinski definition) is 5. The van der Waals surface area contributed by atoms with Gasteiger partial charge in [-0.15, -0.1) is 12.4 Å². The van der Waals surface area contributed by atoms with E-state index in [2.05, 4.69) is 20.2 Å². The highest BCUT2D eigenvalue weighted by Gasteiger charge is 2.07. The van der Waals surface area contributed by atoms with Crippen LogP contribution in [0.1, 0.15) is 0 Å². The van der Waals surface area contributed by atoms with Gasteiger partial charge < -0.3 is 15.5 Å². The zero-order chi connectivity index (χ0) is 12.5. The lowest BCUT2D eigenvalue weighted by Gasteiger charge is -2.05. The molecule has 1 aromatic carbocycles. The molecular formula is C11H10ClN5O2. The van der Waals surface area contributed by atoms with Gasteiger partial charge in [-0.3, -0.25) is 9.89 Å². The zero-order valence-corrected chi connectivity index (χ0v) is 10.4. The van der Waals surface area contributed by atoms with Crippen molar-refractivity contribution in [1.82, 2.24) is 20.2 Å². The molecule has 0 spiro atoms. The van der Waals surface area contributed by atoms with Crippen molar-refractivity contribution in [1.29, 1.82) is 0 Å². The van der Waals surface area contributed by atoms with Crippen LogP contribution in [0.15, 0.2) is 35.5 Å². The Balaban J connectivity index is 0.00000133. The second kappa shape index (κ2) is 4.99. The lowest BCUT2D eigenvalue weighted by atomic mass is 10.2. The minimum absolute atomic E-state index is 0. The normalized spacial score (nSPS) is 10.1. The van der Waals surface area contributed by atoms with Crippen LogP contribution >= 0.6 is 12.4 Å². The molecule has 8 heteroatoms. The fraction of sp³-hybridized carbons (Fsp3) is 0. The second-order valence-electron chi connectivity index (χ2n) is 3.67. The number of nitrogens with one attached hydrogen (secondary N) is 2. The van der Waals surface area contributed by atoms with Crippen LogP contribution in [0.4, 0.5) is 5.69 Å². The topological polar surface area (TPSA) is 110 Å². The fourth-order valence-electron chi connectivity index (χ4n) is 1.57. The number of H-pyrrole nitrogens is 2. The molecule has 0 amide bonds. The number of ether oxygens (including phenoxy) is 1. The molecule has 2 aromatic heterocycles. The van der Waals surface area contributed by atoms with Gasteiger partial charge >= 0.3 is 0 Å². The summed E-state index contributed by atoms with van der Waals surface area (Å²) >= 11 is 0. The Labute approximate surface area is 113 Å². The first-order chi connectivity index (χ1) is 8.74. The summed E-state index contributed by atoms with van der Waals surface area (Å²) in [5.41, 5.74) is 5.92. The molecule has 2 heterocycles. The monoisotopic (exact) mass is 279 g/mol. The van der Waals surface area contributed by atoms with E-state index in [1.807, 2.05) is 6.07 Å². The van der Waals surface area contributed by atoms with Gasteiger partial charge in [0.15, 0.2) is 5.69 Å². The maximum atomic E-state index is 11.3. The van der Waals surface area contributed by atoms with E-state index in [0.29, 0.717) is 5.75 Å². The first-order valence-electron chi connectivity index (χ1n) is 5.18. The van der Waals surface area contributed by atoms with Crippen molar-refractivity contribution in [3.63, 3.8) is 0 Å². The Bertz CT molecular complexity index is 767. The summed E-state index contributed by atoms with van der Waals surface area (Å²) in [7, 11) is 0. The van der Waals surface area contributed by atoms with Crippen molar-refractivity contribution in [2.24, 2.45) is 0 Å². The number of aromatic nitrogens is 4. The second-order valence-corrected chi connectivity index (χ2v) is 3.67. The highest BCUT2D eigenvalue weighted by Crippen LogP contribution is 2.24. The van der Waals surface area contributed by atoms with Crippen molar-refractivity contribution < 1.29 is 4.74 Å². The lowest BCUT2D eigenvalue weighted by molar-refractivity contribution is 0.464. The average Bonchev–Trinajstić information content (AvgIpc) is 2.82. The Morgan fingerprint density at radius 3 is 3.00 bits per heavy atom. The number of benzene rings is 1. The van der Waals surface area contributed by atoms with E-state index in [0.717, 1.165) is 10.9 Å². The van der Waals surface area contributed by atoms with E-state index in [-0.39, 0.29) is 24.0 Å². The number of aromatic amines is 2. The minimum Gasteiger partial charge on any atom is -0.437 e. The van der Waals surface area contributed by atoms with Crippen molar-refractivity contribution in [2.45, 2.75) is 0 Å². The molecule has 0 atom stereocenters. The highest BCUT2D eigenvalue weighted by atomic mass is 35.5. The molecule has 3 aromatic rings. The molecule has 7 nitrogen and oxygen atoms in total. The van der Waals surface area contributed by atoms with Crippen LogP contribution in [0.3, 0.4) is 0 Å². The molecule has 4 N–H and O–H groups in total. The summed E-state index contributed by atoms with van der Waals surface area (Å²) in [5.74, 6) is 0.606. The number of nitrogens with two attached hydrogens (primary N) is 1. The van der Waals surface area contributed by atoms with Crippen LogP contribution in [-0.2, 0) is 0 Å². The molecular weight excluding hydrogens is 270 g/mol. The molecule has 0 aliphatic rings. The molecule has 98 valence electrons. The van der Waals surface area contributed by atoms with Crippen molar-refractivity contribution in [3.05, 3.63) is 41.1 Å². The van der Waals surface area contributed by atoms with Crippen LogP contribution in [-0.4, -0.2) is 20.2 Å². The zero-order valence-electron chi connectivity index (χ0n) is 9.58. The van der Waals surface area contributed by atoms with Crippen molar-refractivity contribution in [2.75, 3.05) is 5.73 Å². The van der Waals surface area contributed by atoms with E-state index in [1.165, 1.54) is 6.33 Å². The molecule has 3 rings (SSSR count). The summed E-state index contributed by atoms with van der Waals surface area (Å²) in [6.07, 6.45) is 2.95. The number of anilines is 1. The maximum Gasteiger partial charge on any atom is 0.277 e. The van der Waals surface area contributed by atoms with Gasteiger partial charge in [0.2, 0.25) is 5.88 Å². The smallest absolute Gasteiger partial charge is 0.277 e. The van der Waals surface area contributed by atoms with Gasteiger partial charge in [0.25, 0.3) is 5.56 Å². The summed E-state index contributed by atoms with van der Waals surface area (Å²) in [6.45, 7) is 0. The van der Waals surface area contributed by atoms with Gasteiger partial charge in [-0.2, -0.15) is 5.10 Å². The van der Waals surface area contributed by atoms with Crippen molar-refractivity contribution in [3.8, 4) is 11.6 Å². The standard InChI is InChI=1S/C11H9N5O2.ClH/c12-9-10(17)13-5-14-11(9)18-7-2-1-6-4-15-16-8(6)3-7;/h1-5H,12H2,(H,15,16)(H,13,14,17);1H. The van der Waals surface area contributed by atoms with Gasteiger partial charge in [0.1, 0.15) is 5.75 Å². The van der Waals surface area contributed by atoms with E-state index in [1.54, 1.807) is 18.3 Å². The van der Waals surface area contributed by atoms with E-state index < -0.39 is 5.56 Å². The first-order valence-corrected chi connectivity index (χ1v) is 5.18. The summed E-state index contributed by atoms with van der Waals surface area (Å²) < 4.78 is 5.46. The predicted molar refractivity (Wildman–Crippen MR) is 72.7 cm³/mol. The summed E-state index contributed by atoms with van der Waals surface area (Å²) in [5, 5.41) is 7.69. The van der Waals surface area contributed by atoms with Gasteiger partial charge in [-0.05, 0) is 12.1 Å². The average molecular weight is 280 g/mol. The van der Waals surface area contributed by atoms with Gasteiger partial charge in [-0.25, -0.2) is 4.98 Å².